The van der Waals surface area contributed by atoms with Crippen LogP contribution in [0.1, 0.15) is 29.7 Å². The summed E-state index contributed by atoms with van der Waals surface area (Å²) in [7, 11) is 3.92. The number of nitrogens with zero attached hydrogens (tertiary/aromatic N) is 3. The molecule has 0 radical (unpaired) electrons. The predicted octanol–water partition coefficient (Wildman–Crippen LogP) is 2.83. The number of ether oxygens (including phenoxy) is 2. The molecule has 0 bridgehead atoms. The van der Waals surface area contributed by atoms with E-state index in [1.54, 1.807) is 11.0 Å². The van der Waals surface area contributed by atoms with Crippen molar-refractivity contribution in [3.63, 3.8) is 0 Å². The van der Waals surface area contributed by atoms with Crippen LogP contribution in [-0.2, 0) is 20.7 Å². The minimum absolute atomic E-state index is 0.0679. The topological polar surface area (TPSA) is 82.5 Å². The van der Waals surface area contributed by atoms with Gasteiger partial charge in [-0.1, -0.05) is 12.1 Å². The number of rotatable bonds is 6. The zero-order valence-corrected chi connectivity index (χ0v) is 21.1. The maximum Gasteiger partial charge on any atom is 0.295 e. The third-order valence-electron chi connectivity index (χ3n) is 7.20. The molecule has 2 fully saturated rings. The summed E-state index contributed by atoms with van der Waals surface area (Å²) in [4.78, 5) is 32.5. The quantitative estimate of drug-likeness (QED) is 0.378. The van der Waals surface area contributed by atoms with Gasteiger partial charge < -0.3 is 24.4 Å². The van der Waals surface area contributed by atoms with Crippen LogP contribution in [0.15, 0.2) is 48.0 Å². The van der Waals surface area contributed by atoms with Crippen molar-refractivity contribution < 1.29 is 24.2 Å². The van der Waals surface area contributed by atoms with Crippen LogP contribution in [0.5, 0.6) is 5.75 Å². The summed E-state index contributed by atoms with van der Waals surface area (Å²) in [6.07, 6.45) is 0.804. The predicted molar refractivity (Wildman–Crippen MR) is 137 cm³/mol. The van der Waals surface area contributed by atoms with Gasteiger partial charge in [-0.25, -0.2) is 0 Å². The Morgan fingerprint density at radius 3 is 2.47 bits per heavy atom. The fourth-order valence-corrected chi connectivity index (χ4v) is 5.21. The minimum atomic E-state index is -0.661. The average molecular weight is 492 g/mol. The zero-order valence-electron chi connectivity index (χ0n) is 21.1. The van der Waals surface area contributed by atoms with Gasteiger partial charge in [0.05, 0.1) is 24.8 Å². The Morgan fingerprint density at radius 1 is 1.06 bits per heavy atom. The van der Waals surface area contributed by atoms with Gasteiger partial charge in [-0.2, -0.15) is 0 Å². The molecule has 0 unspecified atom stereocenters. The zero-order chi connectivity index (χ0) is 25.4. The number of Topliss-reactive ketones (excluding diaryl/α,β-unsaturated/α-hetero) is 1. The molecule has 5 rings (SSSR count). The molecule has 1 N–H and O–H groups in total. The van der Waals surface area contributed by atoms with E-state index in [1.807, 2.05) is 62.3 Å². The normalized spacial score (nSPS) is 23.6. The van der Waals surface area contributed by atoms with Crippen molar-refractivity contribution in [2.75, 3.05) is 58.4 Å². The van der Waals surface area contributed by atoms with Gasteiger partial charge in [0.15, 0.2) is 0 Å². The number of benzene rings is 2. The molecule has 8 heteroatoms. The lowest BCUT2D eigenvalue weighted by atomic mass is 9.94. The highest BCUT2D eigenvalue weighted by Gasteiger charge is 2.46. The number of aliphatic hydroxyl groups is 1. The summed E-state index contributed by atoms with van der Waals surface area (Å²) in [5, 5.41) is 11.4. The first-order valence-corrected chi connectivity index (χ1v) is 12.5. The van der Waals surface area contributed by atoms with Gasteiger partial charge in [0, 0.05) is 57.9 Å². The van der Waals surface area contributed by atoms with Crippen molar-refractivity contribution in [2.24, 2.45) is 0 Å². The standard InChI is InChI=1S/C28H33N3O5/c1-18-16-21-17-20(6-9-23(21)36-18)26(32)24-25(19-4-7-22(8-5-19)29(2)3)31(28(34)27(24)33)11-10-30-12-14-35-15-13-30/h4-9,17-18,25,32H,10-16H2,1-3H3/t18-,25+/m1/s1. The molecule has 2 atom stereocenters. The van der Waals surface area contributed by atoms with Crippen LogP contribution >= 0.6 is 0 Å². The molecular formula is C28H33N3O5. The van der Waals surface area contributed by atoms with Crippen molar-refractivity contribution >= 4 is 23.1 Å². The summed E-state index contributed by atoms with van der Waals surface area (Å²) in [6.45, 7) is 5.93. The molecule has 2 aromatic rings. The Bertz CT molecular complexity index is 1180. The van der Waals surface area contributed by atoms with Crippen LogP contribution in [0, 0.1) is 0 Å². The van der Waals surface area contributed by atoms with Gasteiger partial charge in [0.2, 0.25) is 0 Å². The molecule has 3 heterocycles. The maximum atomic E-state index is 13.4. The van der Waals surface area contributed by atoms with E-state index in [-0.39, 0.29) is 17.4 Å². The van der Waals surface area contributed by atoms with E-state index in [1.165, 1.54) is 0 Å². The van der Waals surface area contributed by atoms with E-state index in [0.717, 1.165) is 42.1 Å². The highest BCUT2D eigenvalue weighted by atomic mass is 16.5. The molecular weight excluding hydrogens is 458 g/mol. The molecule has 0 aliphatic carbocycles. The molecule has 36 heavy (non-hydrogen) atoms. The van der Waals surface area contributed by atoms with Gasteiger partial charge in [0.1, 0.15) is 17.6 Å². The van der Waals surface area contributed by atoms with E-state index >= 15 is 0 Å². The van der Waals surface area contributed by atoms with Gasteiger partial charge in [-0.15, -0.1) is 0 Å². The number of anilines is 1. The smallest absolute Gasteiger partial charge is 0.295 e. The second kappa shape index (κ2) is 9.95. The number of hydrogen-bond donors (Lipinski definition) is 1. The van der Waals surface area contributed by atoms with Gasteiger partial charge in [-0.05, 0) is 48.4 Å². The Labute approximate surface area is 211 Å². The maximum absolute atomic E-state index is 13.4. The number of amides is 1. The summed E-state index contributed by atoms with van der Waals surface area (Å²) >= 11 is 0. The highest BCUT2D eigenvalue weighted by molar-refractivity contribution is 6.46. The van der Waals surface area contributed by atoms with E-state index < -0.39 is 17.7 Å². The molecule has 0 aromatic heterocycles. The summed E-state index contributed by atoms with van der Waals surface area (Å²) < 4.78 is 11.2. The van der Waals surface area contributed by atoms with Crippen molar-refractivity contribution in [3.05, 3.63) is 64.7 Å². The van der Waals surface area contributed by atoms with Crippen LogP contribution in [0.3, 0.4) is 0 Å². The monoisotopic (exact) mass is 491 g/mol. The van der Waals surface area contributed by atoms with Crippen LogP contribution in [0.4, 0.5) is 5.69 Å². The Kier molecular flexibility index (Phi) is 6.73. The number of hydrogen-bond acceptors (Lipinski definition) is 7. The van der Waals surface area contributed by atoms with Crippen molar-refractivity contribution in [3.8, 4) is 5.75 Å². The summed E-state index contributed by atoms with van der Waals surface area (Å²) in [5.41, 5.74) is 3.44. The first-order chi connectivity index (χ1) is 17.3. The van der Waals surface area contributed by atoms with Gasteiger partial charge in [-0.3, -0.25) is 14.5 Å². The SMILES string of the molecule is C[C@@H]1Cc2cc(C(O)=C3C(=O)C(=O)N(CCN4CCOCC4)[C@H]3c3ccc(N(C)C)cc3)ccc2O1. The largest absolute Gasteiger partial charge is 0.507 e. The first kappa shape index (κ1) is 24.3. The molecule has 190 valence electrons. The molecule has 8 nitrogen and oxygen atoms in total. The number of ketones is 1. The molecule has 2 saturated heterocycles. The van der Waals surface area contributed by atoms with Crippen molar-refractivity contribution in [1.82, 2.24) is 9.80 Å². The number of aliphatic hydroxyl groups excluding tert-OH is 1. The molecule has 0 spiro atoms. The Balaban J connectivity index is 1.53. The Morgan fingerprint density at radius 2 is 1.78 bits per heavy atom. The first-order valence-electron chi connectivity index (χ1n) is 12.5. The van der Waals surface area contributed by atoms with Crippen LogP contribution in [-0.4, -0.2) is 86.2 Å². The van der Waals surface area contributed by atoms with Crippen LogP contribution in [0.2, 0.25) is 0 Å². The van der Waals surface area contributed by atoms with E-state index in [0.29, 0.717) is 31.9 Å². The van der Waals surface area contributed by atoms with E-state index in [9.17, 15) is 14.7 Å². The van der Waals surface area contributed by atoms with Gasteiger partial charge >= 0.3 is 0 Å². The number of fused-ring (bicyclic) bond motifs is 1. The lowest BCUT2D eigenvalue weighted by Gasteiger charge is -2.31. The fraction of sp³-hybridized carbons (Fsp3) is 0.429. The third-order valence-corrected chi connectivity index (χ3v) is 7.20. The number of carbonyl (C=O) groups excluding carboxylic acids is 2. The number of likely N-dealkylation sites (tertiary alicyclic amines) is 1. The van der Waals surface area contributed by atoms with Crippen molar-refractivity contribution in [2.45, 2.75) is 25.5 Å². The van der Waals surface area contributed by atoms with E-state index in [4.69, 9.17) is 9.47 Å². The number of carbonyl (C=O) groups is 2. The molecule has 1 amide bonds. The lowest BCUT2D eigenvalue weighted by molar-refractivity contribution is -0.140. The highest BCUT2D eigenvalue weighted by Crippen LogP contribution is 2.41. The average Bonchev–Trinajstić information content (AvgIpc) is 3.38. The van der Waals surface area contributed by atoms with Gasteiger partial charge in [0.25, 0.3) is 11.7 Å². The summed E-state index contributed by atoms with van der Waals surface area (Å²) in [6, 6.07) is 12.6. The van der Waals surface area contributed by atoms with Crippen LogP contribution < -0.4 is 9.64 Å². The Hall–Kier alpha value is -3.36. The van der Waals surface area contributed by atoms with Crippen LogP contribution in [0.25, 0.3) is 5.76 Å². The van der Waals surface area contributed by atoms with E-state index in [2.05, 4.69) is 4.90 Å². The summed E-state index contributed by atoms with van der Waals surface area (Å²) in [5.74, 6) is -0.585. The molecule has 3 aliphatic rings. The minimum Gasteiger partial charge on any atom is -0.507 e. The number of morpholine rings is 1. The second-order valence-corrected chi connectivity index (χ2v) is 9.89. The molecule has 2 aromatic carbocycles. The van der Waals surface area contributed by atoms with Crippen molar-refractivity contribution in [1.29, 1.82) is 0 Å². The lowest BCUT2D eigenvalue weighted by Crippen LogP contribution is -2.42. The second-order valence-electron chi connectivity index (χ2n) is 9.89. The molecule has 3 aliphatic heterocycles. The third kappa shape index (κ3) is 4.58. The fourth-order valence-electron chi connectivity index (χ4n) is 5.21. The molecule has 0 saturated carbocycles.